The van der Waals surface area contributed by atoms with E-state index in [-0.39, 0.29) is 51.7 Å². The summed E-state index contributed by atoms with van der Waals surface area (Å²) in [6.07, 6.45) is 22.0. The topological polar surface area (TPSA) is 106 Å². The molecule has 0 unspecified atom stereocenters. The van der Waals surface area contributed by atoms with Crippen molar-refractivity contribution in [3.05, 3.63) is 211 Å². The number of fused-ring (bicyclic) bond motifs is 6. The number of carbonyl (C=O) groups is 6. The molecule has 8 nitrogen and oxygen atoms in total. The van der Waals surface area contributed by atoms with E-state index >= 15 is 0 Å². The quantitative estimate of drug-likeness (QED) is 0.0401. The molecule has 0 fully saturated rings. The third kappa shape index (κ3) is 17.6. The highest BCUT2D eigenvalue weighted by atomic mass is 79.9. The van der Waals surface area contributed by atoms with E-state index in [1.165, 1.54) is 109 Å². The molecule has 0 spiro atoms. The van der Waals surface area contributed by atoms with Gasteiger partial charge in [-0.3, -0.25) is 28.8 Å². The molecule has 0 amide bonds. The lowest BCUT2D eigenvalue weighted by molar-refractivity contribution is -0.903. The van der Waals surface area contributed by atoms with Gasteiger partial charge in [0.2, 0.25) is 0 Å². The number of carbonyl (C=O) groups excluding carboxylic acids is 6. The van der Waals surface area contributed by atoms with Crippen LogP contribution in [-0.4, -0.2) is 85.4 Å². The fraction of sp³-hybridized carbons (Fsp3) is 0.391. The smallest absolute Gasteiger partial charge is 0.194 e. The summed E-state index contributed by atoms with van der Waals surface area (Å²) in [5, 5.41) is 0.670. The second-order valence-electron chi connectivity index (χ2n) is 22.1. The van der Waals surface area contributed by atoms with Gasteiger partial charge in [0.05, 0.1) is 20.6 Å². The molecule has 3 aliphatic rings. The fourth-order valence-corrected chi connectivity index (χ4v) is 10.8. The van der Waals surface area contributed by atoms with Gasteiger partial charge in [-0.1, -0.05) is 216 Å². The summed E-state index contributed by atoms with van der Waals surface area (Å²) in [6.45, 7) is 9.70. The molecule has 3 aliphatic carbocycles. The average Bonchev–Trinajstić information content (AvgIpc) is 3.54. The minimum absolute atomic E-state index is 0. The van der Waals surface area contributed by atoms with Gasteiger partial charge in [0.15, 0.2) is 34.7 Å². The van der Waals surface area contributed by atoms with Crippen molar-refractivity contribution < 1.29 is 50.2 Å². The van der Waals surface area contributed by atoms with Crippen molar-refractivity contribution in [1.29, 1.82) is 0 Å². The molecule has 6 aromatic rings. The van der Waals surface area contributed by atoms with Gasteiger partial charge in [0, 0.05) is 77.7 Å². The zero-order valence-corrected chi connectivity index (χ0v) is 51.0. The Morgan fingerprint density at radius 3 is 1.06 bits per heavy atom. The number of hydrogen-bond donors (Lipinski definition) is 0. The van der Waals surface area contributed by atoms with Crippen LogP contribution in [0.15, 0.2) is 127 Å². The van der Waals surface area contributed by atoms with Crippen molar-refractivity contribution in [2.24, 2.45) is 0 Å². The van der Waals surface area contributed by atoms with E-state index < -0.39 is 0 Å². The van der Waals surface area contributed by atoms with Crippen LogP contribution in [0.5, 0.6) is 0 Å². The molecule has 0 N–H and O–H groups in total. The molecule has 0 bridgehead atoms. The van der Waals surface area contributed by atoms with E-state index in [1.54, 1.807) is 84.9 Å². The molecule has 418 valence electrons. The third-order valence-electron chi connectivity index (χ3n) is 14.9. The summed E-state index contributed by atoms with van der Waals surface area (Å²) in [5.41, 5.74) is 9.32. The molecule has 0 saturated carbocycles. The molecule has 79 heavy (non-hydrogen) atoms. The second kappa shape index (κ2) is 31.9. The number of aryl methyl sites for hydroxylation is 1. The Kier molecular flexibility index (Phi) is 25.8. The van der Waals surface area contributed by atoms with Crippen LogP contribution in [0.2, 0.25) is 0 Å². The van der Waals surface area contributed by atoms with Crippen LogP contribution in [0.1, 0.15) is 229 Å². The van der Waals surface area contributed by atoms with Crippen molar-refractivity contribution in [1.82, 2.24) is 4.90 Å². The van der Waals surface area contributed by atoms with Crippen LogP contribution in [-0.2, 0) is 11.9 Å². The van der Waals surface area contributed by atoms with Gasteiger partial charge in [0.1, 0.15) is 6.54 Å². The molecule has 0 atom stereocenters. The molecule has 0 radical (unpaired) electrons. The first kappa shape index (κ1) is 64.0. The van der Waals surface area contributed by atoms with Gasteiger partial charge < -0.3 is 26.4 Å². The molecule has 0 aromatic heterocycles. The van der Waals surface area contributed by atoms with E-state index in [0.717, 1.165) is 34.3 Å². The van der Waals surface area contributed by atoms with Crippen LogP contribution < -0.4 is 17.0 Å². The zero-order valence-electron chi connectivity index (χ0n) is 47.9. The number of benzene rings is 6. The SMILES string of the molecule is CCCCCCCCCCN(C)C.CCCCCCCCCC[N+](C)(C)Cc1ccc2c(c1)C(=O)c1ccccc1C2=O.Cc1ccc2c(c1)C(=O)c1ccccc1C2=O.O=C1c2ccccc2C(=O)c2cc(CBr)ccc21.[Br-]. The highest BCUT2D eigenvalue weighted by molar-refractivity contribution is 9.08. The van der Waals surface area contributed by atoms with Crippen LogP contribution in [0, 0.1) is 6.92 Å². The van der Waals surface area contributed by atoms with E-state index in [4.69, 9.17) is 0 Å². The van der Waals surface area contributed by atoms with Gasteiger partial charge in [-0.2, -0.15) is 0 Å². The van der Waals surface area contributed by atoms with Crippen LogP contribution in [0.3, 0.4) is 0 Å². The summed E-state index contributed by atoms with van der Waals surface area (Å²) in [4.78, 5) is 77.1. The molecule has 0 saturated heterocycles. The van der Waals surface area contributed by atoms with Crippen LogP contribution >= 0.6 is 15.9 Å². The molecule has 9 rings (SSSR count). The first-order valence-corrected chi connectivity index (χ1v) is 29.7. The van der Waals surface area contributed by atoms with E-state index in [0.29, 0.717) is 72.1 Å². The van der Waals surface area contributed by atoms with Crippen molar-refractivity contribution >= 4 is 50.6 Å². The summed E-state index contributed by atoms with van der Waals surface area (Å²) in [6, 6.07) is 37.7. The molecule has 0 heterocycles. The van der Waals surface area contributed by atoms with Gasteiger partial charge in [0.25, 0.3) is 0 Å². The predicted molar refractivity (Wildman–Crippen MR) is 321 cm³/mol. The third-order valence-corrected chi connectivity index (χ3v) is 15.5. The Morgan fingerprint density at radius 2 is 0.684 bits per heavy atom. The highest BCUT2D eigenvalue weighted by Gasteiger charge is 2.32. The van der Waals surface area contributed by atoms with E-state index in [9.17, 15) is 28.8 Å². The summed E-state index contributed by atoms with van der Waals surface area (Å²) in [5.74, 6) is -0.326. The molecule has 6 aromatic carbocycles. The Bertz CT molecular complexity index is 3060. The van der Waals surface area contributed by atoms with Gasteiger partial charge in [-0.25, -0.2) is 0 Å². The number of rotatable bonds is 21. The summed E-state index contributed by atoms with van der Waals surface area (Å²) >= 11 is 3.36. The largest absolute Gasteiger partial charge is 1.00 e. The number of hydrogen-bond acceptors (Lipinski definition) is 7. The van der Waals surface area contributed by atoms with Crippen molar-refractivity contribution in [3.63, 3.8) is 0 Å². The van der Waals surface area contributed by atoms with Gasteiger partial charge in [-0.15, -0.1) is 0 Å². The van der Waals surface area contributed by atoms with Crippen LogP contribution in [0.4, 0.5) is 0 Å². The Balaban J connectivity index is 0.000000203. The number of alkyl halides is 1. The number of quaternary nitrogens is 1. The minimum Gasteiger partial charge on any atom is -1.00 e. The lowest BCUT2D eigenvalue weighted by atomic mass is 9.83. The first-order chi connectivity index (χ1) is 37.6. The molecular weight excluding hydrogens is 1110 g/mol. The number of nitrogens with zero attached hydrogens (tertiary/aromatic N) is 2. The normalized spacial score (nSPS) is 12.7. The fourth-order valence-electron chi connectivity index (χ4n) is 10.5. The number of halogens is 2. The standard InChI is InChI=1S/C27H36NO2.C15H9BrO2.C15H10O2.C12H27N.BrH/c1-4-5-6-7-8-9-10-13-18-28(2,3)20-21-16-17-24-25(19-21)27(30)23-15-12-11-14-22(23)26(24)29;16-8-9-5-6-12-13(7-9)15(18)11-4-2-1-3-10(11)14(12)17;1-9-6-7-12-13(8-9)15(17)11-5-3-2-4-10(11)14(12)16;1-4-5-6-7-8-9-10-11-12-13(2)3;/h11-12,14-17,19H,4-10,13,18,20H2,1-3H3;1-7H,8H2;2-8H,1H3;4-12H2,1-3H3;1H/q+1;;;;/p-1. The highest BCUT2D eigenvalue weighted by Crippen LogP contribution is 2.31. The Hall–Kier alpha value is -5.78. The first-order valence-electron chi connectivity index (χ1n) is 28.5. The van der Waals surface area contributed by atoms with Gasteiger partial charge >= 0.3 is 0 Å². The maximum Gasteiger partial charge on any atom is 0.194 e. The van der Waals surface area contributed by atoms with Gasteiger partial charge in [-0.05, 0) is 82.7 Å². The van der Waals surface area contributed by atoms with E-state index in [1.807, 2.05) is 49.4 Å². The average molecular weight is 1200 g/mol. The Labute approximate surface area is 490 Å². The number of unbranched alkanes of at least 4 members (excludes halogenated alkanes) is 14. The molecular formula is C69H82Br2N2O6. The summed E-state index contributed by atoms with van der Waals surface area (Å²) < 4.78 is 0.896. The monoisotopic (exact) mass is 1190 g/mol. The minimum atomic E-state index is -0.0682. The second-order valence-corrected chi connectivity index (χ2v) is 22.7. The van der Waals surface area contributed by atoms with Crippen molar-refractivity contribution in [2.75, 3.05) is 41.3 Å². The van der Waals surface area contributed by atoms with Crippen LogP contribution in [0.25, 0.3) is 0 Å². The summed E-state index contributed by atoms with van der Waals surface area (Å²) in [7, 11) is 8.81. The molecule has 0 aliphatic heterocycles. The number of ketones is 6. The maximum absolute atomic E-state index is 13.0. The van der Waals surface area contributed by atoms with Crippen molar-refractivity contribution in [2.45, 2.75) is 135 Å². The zero-order chi connectivity index (χ0) is 56.2. The molecule has 10 heteroatoms. The lowest BCUT2D eigenvalue weighted by Crippen LogP contribution is -3.00. The Morgan fingerprint density at radius 1 is 0.380 bits per heavy atom. The van der Waals surface area contributed by atoms with E-state index in [2.05, 4.69) is 62.9 Å². The van der Waals surface area contributed by atoms with Crippen molar-refractivity contribution in [3.8, 4) is 0 Å². The lowest BCUT2D eigenvalue weighted by Gasteiger charge is -2.30. The predicted octanol–water partition coefficient (Wildman–Crippen LogP) is 13.0. The maximum atomic E-state index is 13.0.